The molecular weight excluding hydrogens is 226 g/mol. The maximum absolute atomic E-state index is 12.9. The SMILES string of the molecule is Nc1cc(C(F)(F)F)c(F)c(C(F)F)n1. The highest BCUT2D eigenvalue weighted by Crippen LogP contribution is 2.35. The smallest absolute Gasteiger partial charge is 0.384 e. The molecule has 0 fully saturated rings. The topological polar surface area (TPSA) is 38.9 Å². The third-order valence-electron chi connectivity index (χ3n) is 1.52. The minimum atomic E-state index is -5.08. The average molecular weight is 230 g/mol. The van der Waals surface area contributed by atoms with Gasteiger partial charge in [0.2, 0.25) is 0 Å². The van der Waals surface area contributed by atoms with Gasteiger partial charge in [0.05, 0.1) is 5.56 Å². The van der Waals surface area contributed by atoms with Crippen LogP contribution in [0.1, 0.15) is 17.7 Å². The third kappa shape index (κ3) is 2.31. The molecule has 8 heteroatoms. The van der Waals surface area contributed by atoms with Crippen molar-refractivity contribution in [2.45, 2.75) is 12.6 Å². The molecule has 0 amide bonds. The van der Waals surface area contributed by atoms with E-state index in [0.29, 0.717) is 0 Å². The number of alkyl halides is 5. The summed E-state index contributed by atoms with van der Waals surface area (Å²) in [5.74, 6) is -2.90. The first kappa shape index (κ1) is 11.6. The maximum Gasteiger partial charge on any atom is 0.419 e. The summed E-state index contributed by atoms with van der Waals surface area (Å²) in [6, 6.07) is 0.168. The molecule has 0 aliphatic carbocycles. The van der Waals surface area contributed by atoms with E-state index in [1.807, 2.05) is 0 Å². The van der Waals surface area contributed by atoms with Crippen LogP contribution in [0.3, 0.4) is 0 Å². The van der Waals surface area contributed by atoms with Gasteiger partial charge in [-0.2, -0.15) is 13.2 Å². The van der Waals surface area contributed by atoms with E-state index >= 15 is 0 Å². The first-order valence-electron chi connectivity index (χ1n) is 3.54. The first-order valence-corrected chi connectivity index (χ1v) is 3.54. The Morgan fingerprint density at radius 3 is 2.20 bits per heavy atom. The molecule has 15 heavy (non-hydrogen) atoms. The fraction of sp³-hybridized carbons (Fsp3) is 0.286. The molecule has 2 N–H and O–H groups in total. The lowest BCUT2D eigenvalue weighted by atomic mass is 10.2. The van der Waals surface area contributed by atoms with Gasteiger partial charge in [0.15, 0.2) is 5.82 Å². The van der Waals surface area contributed by atoms with Gasteiger partial charge in [0.1, 0.15) is 11.5 Å². The molecule has 0 saturated heterocycles. The van der Waals surface area contributed by atoms with Crippen LogP contribution in [0, 0.1) is 5.82 Å². The van der Waals surface area contributed by atoms with E-state index in [9.17, 15) is 26.3 Å². The molecule has 0 aromatic carbocycles. The van der Waals surface area contributed by atoms with Gasteiger partial charge in [-0.25, -0.2) is 18.2 Å². The summed E-state index contributed by atoms with van der Waals surface area (Å²) in [6.07, 6.45) is -8.53. The summed E-state index contributed by atoms with van der Waals surface area (Å²) in [4.78, 5) is 2.80. The maximum atomic E-state index is 12.9. The molecule has 84 valence electrons. The Labute approximate surface area is 79.7 Å². The minimum absolute atomic E-state index is 0.168. The molecule has 2 nitrogen and oxygen atoms in total. The van der Waals surface area contributed by atoms with Crippen molar-refractivity contribution >= 4 is 5.82 Å². The molecule has 0 spiro atoms. The summed E-state index contributed by atoms with van der Waals surface area (Å²) in [5.41, 5.74) is 1.41. The van der Waals surface area contributed by atoms with E-state index < -0.39 is 35.5 Å². The molecular formula is C7H4F6N2. The standard InChI is InChI=1S/C7H4F6N2/c8-4-2(7(11,12)13)1-3(14)15-5(4)6(9)10/h1,6H,(H2,14,15). The molecule has 1 aromatic rings. The number of nitrogens with zero attached hydrogens (tertiary/aromatic N) is 1. The van der Waals surface area contributed by atoms with E-state index in [-0.39, 0.29) is 6.07 Å². The van der Waals surface area contributed by atoms with Crippen LogP contribution in [0.25, 0.3) is 0 Å². The van der Waals surface area contributed by atoms with Crippen LogP contribution in [0.5, 0.6) is 0 Å². The predicted octanol–water partition coefficient (Wildman–Crippen LogP) is 2.76. The first-order chi connectivity index (χ1) is 6.73. The monoisotopic (exact) mass is 230 g/mol. The van der Waals surface area contributed by atoms with Gasteiger partial charge in [-0.15, -0.1) is 0 Å². The van der Waals surface area contributed by atoms with E-state index in [2.05, 4.69) is 4.98 Å². The Bertz CT molecular complexity index is 372. The van der Waals surface area contributed by atoms with Gasteiger partial charge in [-0.3, -0.25) is 0 Å². The van der Waals surface area contributed by atoms with Gasteiger partial charge in [-0.1, -0.05) is 0 Å². The zero-order chi connectivity index (χ0) is 11.8. The fourth-order valence-electron chi connectivity index (χ4n) is 0.921. The van der Waals surface area contributed by atoms with Crippen LogP contribution in [-0.2, 0) is 6.18 Å². The number of nitrogen functional groups attached to an aromatic ring is 1. The number of halogens is 6. The number of hydrogen-bond acceptors (Lipinski definition) is 2. The van der Waals surface area contributed by atoms with E-state index in [0.717, 1.165) is 0 Å². The number of rotatable bonds is 1. The zero-order valence-corrected chi connectivity index (χ0v) is 6.95. The normalized spacial score (nSPS) is 12.2. The molecule has 0 aliphatic heterocycles. The van der Waals surface area contributed by atoms with Crippen LogP contribution >= 0.6 is 0 Å². The van der Waals surface area contributed by atoms with Gasteiger partial charge >= 0.3 is 6.18 Å². The van der Waals surface area contributed by atoms with E-state index in [1.54, 1.807) is 0 Å². The molecule has 0 aliphatic rings. The second kappa shape index (κ2) is 3.59. The second-order valence-electron chi connectivity index (χ2n) is 2.59. The van der Waals surface area contributed by atoms with Crippen molar-refractivity contribution in [3.8, 4) is 0 Å². The number of anilines is 1. The molecule has 0 bridgehead atoms. The van der Waals surface area contributed by atoms with Crippen molar-refractivity contribution in [2.24, 2.45) is 0 Å². The largest absolute Gasteiger partial charge is 0.419 e. The fourth-order valence-corrected chi connectivity index (χ4v) is 0.921. The van der Waals surface area contributed by atoms with Crippen LogP contribution in [-0.4, -0.2) is 4.98 Å². The molecule has 1 rings (SSSR count). The lowest BCUT2D eigenvalue weighted by Gasteiger charge is -2.11. The molecule has 0 atom stereocenters. The van der Waals surface area contributed by atoms with Crippen molar-refractivity contribution in [3.63, 3.8) is 0 Å². The minimum Gasteiger partial charge on any atom is -0.384 e. The van der Waals surface area contributed by atoms with Crippen LogP contribution in [0.2, 0.25) is 0 Å². The second-order valence-corrected chi connectivity index (χ2v) is 2.59. The van der Waals surface area contributed by atoms with Gasteiger partial charge in [0.25, 0.3) is 6.43 Å². The Hall–Kier alpha value is -1.47. The summed E-state index contributed by atoms with van der Waals surface area (Å²) < 4.78 is 73.3. The van der Waals surface area contributed by atoms with E-state index in [1.165, 1.54) is 0 Å². The summed E-state index contributed by atoms with van der Waals surface area (Å²) in [5, 5.41) is 0. The summed E-state index contributed by atoms with van der Waals surface area (Å²) in [6.45, 7) is 0. The van der Waals surface area contributed by atoms with Crippen molar-refractivity contribution in [1.29, 1.82) is 0 Å². The molecule has 1 aromatic heterocycles. The Kier molecular flexibility index (Phi) is 2.78. The van der Waals surface area contributed by atoms with Gasteiger partial charge in [0, 0.05) is 0 Å². The number of hydrogen-bond donors (Lipinski definition) is 1. The van der Waals surface area contributed by atoms with Gasteiger partial charge < -0.3 is 5.73 Å². The number of pyridine rings is 1. The lowest BCUT2D eigenvalue weighted by molar-refractivity contribution is -0.140. The predicted molar refractivity (Wildman–Crippen MR) is 38.6 cm³/mol. The number of nitrogens with two attached hydrogens (primary N) is 1. The Morgan fingerprint density at radius 2 is 1.80 bits per heavy atom. The quantitative estimate of drug-likeness (QED) is 0.753. The van der Waals surface area contributed by atoms with Crippen molar-refractivity contribution in [1.82, 2.24) is 4.98 Å². The zero-order valence-electron chi connectivity index (χ0n) is 6.95. The van der Waals surface area contributed by atoms with Crippen molar-refractivity contribution < 1.29 is 26.3 Å². The lowest BCUT2D eigenvalue weighted by Crippen LogP contribution is -2.13. The Morgan fingerprint density at radius 1 is 1.27 bits per heavy atom. The summed E-state index contributed by atoms with van der Waals surface area (Å²) >= 11 is 0. The molecule has 0 unspecified atom stereocenters. The highest BCUT2D eigenvalue weighted by molar-refractivity contribution is 5.37. The highest BCUT2D eigenvalue weighted by atomic mass is 19.4. The highest BCUT2D eigenvalue weighted by Gasteiger charge is 2.37. The van der Waals surface area contributed by atoms with E-state index in [4.69, 9.17) is 5.73 Å². The van der Waals surface area contributed by atoms with Crippen molar-refractivity contribution in [2.75, 3.05) is 5.73 Å². The number of aromatic nitrogens is 1. The molecule has 0 radical (unpaired) electrons. The van der Waals surface area contributed by atoms with Crippen LogP contribution in [0.4, 0.5) is 32.2 Å². The summed E-state index contributed by atoms with van der Waals surface area (Å²) in [7, 11) is 0. The molecule has 0 saturated carbocycles. The Balaban J connectivity index is 3.42. The van der Waals surface area contributed by atoms with Gasteiger partial charge in [-0.05, 0) is 6.07 Å². The van der Waals surface area contributed by atoms with Crippen molar-refractivity contribution in [3.05, 3.63) is 23.1 Å². The average Bonchev–Trinajstić information content (AvgIpc) is 2.06. The third-order valence-corrected chi connectivity index (χ3v) is 1.52. The molecule has 1 heterocycles. The van der Waals surface area contributed by atoms with Crippen LogP contribution < -0.4 is 5.73 Å². The van der Waals surface area contributed by atoms with Crippen LogP contribution in [0.15, 0.2) is 6.07 Å².